The minimum atomic E-state index is -0.954. The van der Waals surface area contributed by atoms with Crippen LogP contribution in [0.1, 0.15) is 15.9 Å². The summed E-state index contributed by atoms with van der Waals surface area (Å²) in [6.45, 7) is 1.01. The Balaban J connectivity index is 2.34. The van der Waals surface area contributed by atoms with Gasteiger partial charge in [-0.1, -0.05) is 12.1 Å². The molecule has 0 aliphatic heterocycles. The maximum atomic E-state index is 11.3. The van der Waals surface area contributed by atoms with Crippen LogP contribution in [0.3, 0.4) is 0 Å². The first-order chi connectivity index (χ1) is 8.63. The third kappa shape index (κ3) is 5.09. The molecule has 0 atom stereocenters. The van der Waals surface area contributed by atoms with Gasteiger partial charge in [0.2, 0.25) is 0 Å². The van der Waals surface area contributed by atoms with Gasteiger partial charge in [0.15, 0.2) is 0 Å². The molecule has 0 fully saturated rings. The SMILES string of the molecule is CSCCNC(=O)NCc1ccc(C(=O)O)cc1. The Morgan fingerprint density at radius 3 is 2.44 bits per heavy atom. The highest BCUT2D eigenvalue weighted by atomic mass is 32.2. The molecule has 6 heteroatoms. The zero-order valence-electron chi connectivity index (χ0n) is 10.1. The molecule has 1 rings (SSSR count). The van der Waals surface area contributed by atoms with E-state index in [1.165, 1.54) is 12.1 Å². The number of nitrogens with one attached hydrogen (secondary N) is 2. The van der Waals surface area contributed by atoms with E-state index in [4.69, 9.17) is 5.11 Å². The highest BCUT2D eigenvalue weighted by molar-refractivity contribution is 7.98. The molecule has 1 aromatic rings. The molecule has 0 spiro atoms. The standard InChI is InChI=1S/C12H16N2O3S/c1-18-7-6-13-12(17)14-8-9-2-4-10(5-3-9)11(15)16/h2-5H,6-8H2,1H3,(H,15,16)(H2,13,14,17). The maximum absolute atomic E-state index is 11.3. The number of hydrogen-bond donors (Lipinski definition) is 3. The lowest BCUT2D eigenvalue weighted by Gasteiger charge is -2.07. The van der Waals surface area contributed by atoms with Crippen molar-refractivity contribution in [2.75, 3.05) is 18.6 Å². The van der Waals surface area contributed by atoms with Crippen molar-refractivity contribution in [3.8, 4) is 0 Å². The first-order valence-electron chi connectivity index (χ1n) is 5.46. The van der Waals surface area contributed by atoms with Crippen LogP contribution in [0.25, 0.3) is 0 Å². The number of aromatic carboxylic acids is 1. The molecule has 0 radical (unpaired) electrons. The molecule has 5 nitrogen and oxygen atoms in total. The van der Waals surface area contributed by atoms with Crippen molar-refractivity contribution in [2.45, 2.75) is 6.54 Å². The summed E-state index contributed by atoms with van der Waals surface area (Å²) in [6, 6.07) is 6.19. The zero-order chi connectivity index (χ0) is 13.4. The Labute approximate surface area is 110 Å². The second kappa shape index (κ2) is 7.60. The van der Waals surface area contributed by atoms with Crippen LogP contribution in [0, 0.1) is 0 Å². The molecule has 2 amide bonds. The summed E-state index contributed by atoms with van der Waals surface area (Å²) in [6.07, 6.45) is 1.98. The number of rotatable bonds is 6. The van der Waals surface area contributed by atoms with Crippen LogP contribution in [-0.2, 0) is 6.54 Å². The van der Waals surface area contributed by atoms with Gasteiger partial charge in [-0.3, -0.25) is 0 Å². The van der Waals surface area contributed by atoms with Gasteiger partial charge in [0.1, 0.15) is 0 Å². The highest BCUT2D eigenvalue weighted by Crippen LogP contribution is 2.04. The van der Waals surface area contributed by atoms with E-state index in [1.54, 1.807) is 23.9 Å². The molecular formula is C12H16N2O3S. The number of thioether (sulfide) groups is 1. The molecule has 0 unspecified atom stereocenters. The number of benzene rings is 1. The Hall–Kier alpha value is -1.69. The molecule has 0 bridgehead atoms. The largest absolute Gasteiger partial charge is 0.478 e. The van der Waals surface area contributed by atoms with Crippen molar-refractivity contribution in [3.63, 3.8) is 0 Å². The monoisotopic (exact) mass is 268 g/mol. The van der Waals surface area contributed by atoms with Crippen LogP contribution in [0.15, 0.2) is 24.3 Å². The van der Waals surface area contributed by atoms with Crippen LogP contribution >= 0.6 is 11.8 Å². The number of carbonyl (C=O) groups is 2. The summed E-state index contributed by atoms with van der Waals surface area (Å²) in [5, 5.41) is 14.2. The molecule has 0 heterocycles. The highest BCUT2D eigenvalue weighted by Gasteiger charge is 2.03. The van der Waals surface area contributed by atoms with E-state index in [2.05, 4.69) is 10.6 Å². The van der Waals surface area contributed by atoms with Gasteiger partial charge >= 0.3 is 12.0 Å². The average Bonchev–Trinajstić information content (AvgIpc) is 2.37. The Bertz CT molecular complexity index is 406. The number of carbonyl (C=O) groups excluding carboxylic acids is 1. The summed E-state index contributed by atoms with van der Waals surface area (Å²) in [5.74, 6) is -0.0786. The fraction of sp³-hybridized carbons (Fsp3) is 0.333. The Morgan fingerprint density at radius 1 is 1.22 bits per heavy atom. The van der Waals surface area contributed by atoms with Crippen molar-refractivity contribution >= 4 is 23.8 Å². The molecule has 0 aliphatic carbocycles. The van der Waals surface area contributed by atoms with E-state index < -0.39 is 5.97 Å². The van der Waals surface area contributed by atoms with E-state index in [9.17, 15) is 9.59 Å². The van der Waals surface area contributed by atoms with E-state index in [0.717, 1.165) is 11.3 Å². The smallest absolute Gasteiger partial charge is 0.335 e. The van der Waals surface area contributed by atoms with Crippen molar-refractivity contribution in [1.82, 2.24) is 10.6 Å². The van der Waals surface area contributed by atoms with Crippen LogP contribution in [-0.4, -0.2) is 35.7 Å². The minimum absolute atomic E-state index is 0.216. The number of amides is 2. The maximum Gasteiger partial charge on any atom is 0.335 e. The summed E-state index contributed by atoms with van der Waals surface area (Å²) in [4.78, 5) is 22.0. The van der Waals surface area contributed by atoms with Crippen LogP contribution in [0.2, 0.25) is 0 Å². The van der Waals surface area contributed by atoms with Gasteiger partial charge in [-0.25, -0.2) is 9.59 Å². The Morgan fingerprint density at radius 2 is 1.89 bits per heavy atom. The molecular weight excluding hydrogens is 252 g/mol. The first-order valence-corrected chi connectivity index (χ1v) is 6.85. The third-order valence-corrected chi connectivity index (χ3v) is 2.86. The van der Waals surface area contributed by atoms with Crippen molar-refractivity contribution < 1.29 is 14.7 Å². The molecule has 0 saturated heterocycles. The number of urea groups is 1. The molecule has 0 aromatic heterocycles. The summed E-state index contributed by atoms with van der Waals surface area (Å²) in [7, 11) is 0. The van der Waals surface area contributed by atoms with Crippen molar-refractivity contribution in [3.05, 3.63) is 35.4 Å². The zero-order valence-corrected chi connectivity index (χ0v) is 10.9. The van der Waals surface area contributed by atoms with Crippen molar-refractivity contribution in [2.24, 2.45) is 0 Å². The van der Waals surface area contributed by atoms with Gasteiger partial charge in [-0.2, -0.15) is 11.8 Å². The normalized spacial score (nSPS) is 9.83. The number of carboxylic acids is 1. The van der Waals surface area contributed by atoms with Gasteiger partial charge in [0.25, 0.3) is 0 Å². The van der Waals surface area contributed by atoms with E-state index in [-0.39, 0.29) is 11.6 Å². The minimum Gasteiger partial charge on any atom is -0.478 e. The van der Waals surface area contributed by atoms with Crippen LogP contribution in [0.4, 0.5) is 4.79 Å². The fourth-order valence-electron chi connectivity index (χ4n) is 1.28. The van der Waals surface area contributed by atoms with Crippen molar-refractivity contribution in [1.29, 1.82) is 0 Å². The Kier molecular flexibility index (Phi) is 6.07. The molecule has 1 aromatic carbocycles. The van der Waals surface area contributed by atoms with E-state index in [1.807, 2.05) is 6.26 Å². The third-order valence-electron chi connectivity index (χ3n) is 2.25. The molecule has 98 valence electrons. The topological polar surface area (TPSA) is 78.4 Å². The number of carboxylic acid groups (broad SMARTS) is 1. The number of hydrogen-bond acceptors (Lipinski definition) is 3. The first kappa shape index (κ1) is 14.4. The van der Waals surface area contributed by atoms with Gasteiger partial charge in [0, 0.05) is 18.8 Å². The lowest BCUT2D eigenvalue weighted by atomic mass is 10.1. The lowest BCUT2D eigenvalue weighted by Crippen LogP contribution is -2.36. The van der Waals surface area contributed by atoms with Gasteiger partial charge in [-0.05, 0) is 24.0 Å². The van der Waals surface area contributed by atoms with Gasteiger partial charge in [-0.15, -0.1) is 0 Å². The summed E-state index contributed by atoms with van der Waals surface area (Å²) >= 11 is 1.66. The average molecular weight is 268 g/mol. The van der Waals surface area contributed by atoms with Crippen LogP contribution < -0.4 is 10.6 Å². The van der Waals surface area contributed by atoms with E-state index >= 15 is 0 Å². The van der Waals surface area contributed by atoms with Crippen LogP contribution in [0.5, 0.6) is 0 Å². The summed E-state index contributed by atoms with van der Waals surface area (Å²) < 4.78 is 0. The quantitative estimate of drug-likeness (QED) is 0.684. The molecule has 0 saturated carbocycles. The second-order valence-corrected chi connectivity index (χ2v) is 4.59. The predicted octanol–water partition coefficient (Wildman–Crippen LogP) is 1.55. The second-order valence-electron chi connectivity index (χ2n) is 3.60. The van der Waals surface area contributed by atoms with Gasteiger partial charge in [0.05, 0.1) is 5.56 Å². The molecule has 0 aliphatic rings. The molecule has 3 N–H and O–H groups in total. The fourth-order valence-corrected chi connectivity index (χ4v) is 1.58. The van der Waals surface area contributed by atoms with E-state index in [0.29, 0.717) is 13.1 Å². The molecule has 18 heavy (non-hydrogen) atoms. The van der Waals surface area contributed by atoms with Gasteiger partial charge < -0.3 is 15.7 Å². The lowest BCUT2D eigenvalue weighted by molar-refractivity contribution is 0.0697. The predicted molar refractivity (Wildman–Crippen MR) is 72.0 cm³/mol. The summed E-state index contributed by atoms with van der Waals surface area (Å²) in [5.41, 5.74) is 1.10.